The molecule has 0 aromatic rings. The van der Waals surface area contributed by atoms with Gasteiger partial charge in [-0.25, -0.2) is 0 Å². The second kappa shape index (κ2) is 8.65. The topological polar surface area (TPSA) is 9.23 Å². The number of halogens is 1. The summed E-state index contributed by atoms with van der Waals surface area (Å²) in [5, 5.41) is 0. The fraction of sp³-hybridized carbons (Fsp3) is 0.824. The van der Waals surface area contributed by atoms with Gasteiger partial charge in [0.05, 0.1) is 0 Å². The van der Waals surface area contributed by atoms with Crippen molar-refractivity contribution in [1.29, 1.82) is 0 Å². The highest BCUT2D eigenvalue weighted by Crippen LogP contribution is 2.42. The first kappa shape index (κ1) is 20.3. The van der Waals surface area contributed by atoms with Gasteiger partial charge >= 0.3 is 0 Å². The van der Waals surface area contributed by atoms with Crippen molar-refractivity contribution < 1.29 is 4.43 Å². The lowest BCUT2D eigenvalue weighted by atomic mass is 9.92. The Morgan fingerprint density at radius 2 is 1.50 bits per heavy atom. The Morgan fingerprint density at radius 3 is 1.85 bits per heavy atom. The number of alkyl halides is 1. The molecule has 20 heavy (non-hydrogen) atoms. The van der Waals surface area contributed by atoms with Crippen LogP contribution in [0.1, 0.15) is 61.8 Å². The number of allylic oxidation sites excluding steroid dienone is 1. The van der Waals surface area contributed by atoms with Gasteiger partial charge in [-0.05, 0) is 34.5 Å². The first-order chi connectivity index (χ1) is 9.10. The van der Waals surface area contributed by atoms with Gasteiger partial charge in [-0.2, -0.15) is 0 Å². The highest BCUT2D eigenvalue weighted by Gasteiger charge is 2.46. The van der Waals surface area contributed by atoms with Gasteiger partial charge in [-0.15, -0.1) is 0 Å². The zero-order chi connectivity index (χ0) is 16.0. The second-order valence-electron chi connectivity index (χ2n) is 7.43. The molecular formula is C17H33IOSi. The van der Waals surface area contributed by atoms with Crippen LogP contribution in [-0.4, -0.2) is 12.7 Å². The second-order valence-corrected chi connectivity index (χ2v) is 13.6. The summed E-state index contributed by atoms with van der Waals surface area (Å²) in [6.07, 6.45) is 5.02. The Hall–Kier alpha value is 0.267. The molecule has 0 spiro atoms. The fourth-order valence-corrected chi connectivity index (χ4v) is 8.38. The average Bonchev–Trinajstić information content (AvgIpc) is 2.32. The fourth-order valence-electron chi connectivity index (χ4n) is 2.98. The molecule has 1 nitrogen and oxygen atoms in total. The van der Waals surface area contributed by atoms with Crippen LogP contribution >= 0.6 is 22.6 Å². The molecule has 0 saturated carbocycles. The minimum Gasteiger partial charge on any atom is -0.542 e. The van der Waals surface area contributed by atoms with E-state index in [9.17, 15) is 0 Å². The largest absolute Gasteiger partial charge is 0.542 e. The molecule has 0 aliphatic rings. The normalized spacial score (nSPS) is 12.8. The van der Waals surface area contributed by atoms with Gasteiger partial charge in [-0.1, -0.05) is 83.7 Å². The summed E-state index contributed by atoms with van der Waals surface area (Å²) in [6, 6.07) is 0. The zero-order valence-corrected chi connectivity index (χ0v) is 17.7. The van der Waals surface area contributed by atoms with Crippen LogP contribution in [0.25, 0.3) is 0 Å². The van der Waals surface area contributed by atoms with Crippen LogP contribution in [0, 0.1) is 5.41 Å². The molecule has 118 valence electrons. The predicted molar refractivity (Wildman–Crippen MR) is 102 cm³/mol. The third kappa shape index (κ3) is 5.57. The van der Waals surface area contributed by atoms with Crippen molar-refractivity contribution >= 4 is 30.9 Å². The lowest BCUT2D eigenvalue weighted by Crippen LogP contribution is -2.46. The van der Waals surface area contributed by atoms with Gasteiger partial charge in [0.25, 0.3) is 8.32 Å². The molecule has 0 radical (unpaired) electrons. The van der Waals surface area contributed by atoms with Crippen molar-refractivity contribution in [3.63, 3.8) is 0 Å². The first-order valence-corrected chi connectivity index (χ1v) is 11.4. The Bertz CT molecular complexity index is 317. The zero-order valence-electron chi connectivity index (χ0n) is 14.6. The number of hydrogen-bond acceptors (Lipinski definition) is 1. The summed E-state index contributed by atoms with van der Waals surface area (Å²) in [7, 11) is -1.77. The van der Waals surface area contributed by atoms with E-state index in [0.29, 0.717) is 22.0 Å². The molecule has 0 aromatic carbocycles. The van der Waals surface area contributed by atoms with Crippen LogP contribution in [0.4, 0.5) is 0 Å². The van der Waals surface area contributed by atoms with E-state index < -0.39 is 8.32 Å². The van der Waals surface area contributed by atoms with Crippen LogP contribution < -0.4 is 0 Å². The molecule has 3 heteroatoms. The van der Waals surface area contributed by atoms with E-state index in [1.807, 2.05) is 6.26 Å². The van der Waals surface area contributed by atoms with Crippen LogP contribution in [0.15, 0.2) is 18.1 Å². The Balaban J connectivity index is 4.91. The number of rotatable bonds is 8. The van der Waals surface area contributed by atoms with Gasteiger partial charge in [0.1, 0.15) is 6.26 Å². The maximum Gasteiger partial charge on any atom is 0.258 e. The molecule has 0 heterocycles. The van der Waals surface area contributed by atoms with Crippen molar-refractivity contribution in [2.75, 3.05) is 4.43 Å². The van der Waals surface area contributed by atoms with E-state index >= 15 is 0 Å². The highest BCUT2D eigenvalue weighted by atomic mass is 127. The minimum absolute atomic E-state index is 0.351. The molecule has 0 aliphatic carbocycles. The van der Waals surface area contributed by atoms with Gasteiger partial charge in [0.15, 0.2) is 0 Å². The van der Waals surface area contributed by atoms with E-state index in [1.54, 1.807) is 0 Å². The summed E-state index contributed by atoms with van der Waals surface area (Å²) >= 11 is 2.45. The molecule has 0 bridgehead atoms. The summed E-state index contributed by atoms with van der Waals surface area (Å²) in [6.45, 7) is 18.4. The summed E-state index contributed by atoms with van der Waals surface area (Å²) in [5.74, 6) is 0. The lowest BCUT2D eigenvalue weighted by molar-refractivity contribution is 0.416. The Labute approximate surface area is 141 Å². The summed E-state index contributed by atoms with van der Waals surface area (Å²) in [4.78, 5) is 0. The van der Waals surface area contributed by atoms with E-state index in [4.69, 9.17) is 4.43 Å². The average molecular weight is 408 g/mol. The van der Waals surface area contributed by atoms with E-state index in [1.165, 1.54) is 0 Å². The third-order valence-corrected chi connectivity index (χ3v) is 12.2. The lowest BCUT2D eigenvalue weighted by Gasteiger charge is -2.40. The smallest absolute Gasteiger partial charge is 0.258 e. The van der Waals surface area contributed by atoms with Crippen molar-refractivity contribution in [2.45, 2.75) is 78.4 Å². The quantitative estimate of drug-likeness (QED) is 0.143. The van der Waals surface area contributed by atoms with Gasteiger partial charge in [-0.3, -0.25) is 0 Å². The van der Waals surface area contributed by atoms with Gasteiger partial charge in [0.2, 0.25) is 0 Å². The molecule has 0 rings (SSSR count). The molecule has 0 atom stereocenters. The standard InChI is InChI=1S/C17H33IOSi/c1-14(2)20(15(3)4,16(5)6)19-12-10-9-11-17(7,8)13-18/h9,12,14-16H,11,13H2,1-8H3. The maximum atomic E-state index is 6.33. The van der Waals surface area contributed by atoms with Crippen LogP contribution in [-0.2, 0) is 4.43 Å². The van der Waals surface area contributed by atoms with Crippen LogP contribution in [0.3, 0.4) is 0 Å². The molecule has 0 aliphatic heterocycles. The monoisotopic (exact) mass is 408 g/mol. The predicted octanol–water partition coefficient (Wildman–Crippen LogP) is 6.70. The summed E-state index contributed by atoms with van der Waals surface area (Å²) < 4.78 is 7.49. The molecule has 0 unspecified atom stereocenters. The van der Waals surface area contributed by atoms with E-state index in [2.05, 4.69) is 89.8 Å². The van der Waals surface area contributed by atoms with Crippen LogP contribution in [0.2, 0.25) is 16.6 Å². The highest BCUT2D eigenvalue weighted by molar-refractivity contribution is 14.1. The number of hydrogen-bond donors (Lipinski definition) is 0. The van der Waals surface area contributed by atoms with Crippen LogP contribution in [0.5, 0.6) is 0 Å². The van der Waals surface area contributed by atoms with E-state index in [0.717, 1.165) is 10.8 Å². The molecule has 0 aromatic heterocycles. The maximum absolute atomic E-state index is 6.33. The molecule has 0 amide bonds. The Kier molecular flexibility index (Phi) is 8.76. The molecule has 0 saturated heterocycles. The van der Waals surface area contributed by atoms with Crippen molar-refractivity contribution in [3.8, 4) is 0 Å². The minimum atomic E-state index is -1.77. The molecule has 0 fully saturated rings. The van der Waals surface area contributed by atoms with Crippen molar-refractivity contribution in [1.82, 2.24) is 0 Å². The third-order valence-electron chi connectivity index (χ3n) is 4.17. The first-order valence-electron chi connectivity index (χ1n) is 7.73. The SMILES string of the molecule is CC(C)[Si](OC=C=CCC(C)(C)CI)(C(C)C)C(C)C. The Morgan fingerprint density at radius 1 is 1.05 bits per heavy atom. The van der Waals surface area contributed by atoms with Crippen molar-refractivity contribution in [2.24, 2.45) is 5.41 Å². The molecule has 0 N–H and O–H groups in total. The molecular weight excluding hydrogens is 375 g/mol. The summed E-state index contributed by atoms with van der Waals surface area (Å²) in [5.41, 5.74) is 5.46. The van der Waals surface area contributed by atoms with Gasteiger partial charge < -0.3 is 4.43 Å². The van der Waals surface area contributed by atoms with E-state index in [-0.39, 0.29) is 0 Å². The van der Waals surface area contributed by atoms with Gasteiger partial charge in [0, 0.05) is 4.43 Å². The van der Waals surface area contributed by atoms with Crippen molar-refractivity contribution in [3.05, 3.63) is 18.1 Å².